The minimum Gasteiger partial charge on any atom is -0.413 e. The molecule has 5 heteroatoms. The summed E-state index contributed by atoms with van der Waals surface area (Å²) in [6, 6.07) is 3.17. The van der Waals surface area contributed by atoms with Crippen LogP contribution in [0.2, 0.25) is 10.0 Å². The molecule has 0 radical (unpaired) electrons. The van der Waals surface area contributed by atoms with Crippen LogP contribution in [-0.4, -0.2) is 0 Å². The van der Waals surface area contributed by atoms with E-state index in [1.54, 1.807) is 12.1 Å². The highest BCUT2D eigenvalue weighted by Crippen LogP contribution is 2.28. The van der Waals surface area contributed by atoms with Crippen molar-refractivity contribution in [3.63, 3.8) is 0 Å². The van der Waals surface area contributed by atoms with Gasteiger partial charge in [-0.1, -0.05) is 23.2 Å². The monoisotopic (exact) mass is 220 g/mol. The summed E-state index contributed by atoms with van der Waals surface area (Å²) < 4.78 is 10.0. The summed E-state index contributed by atoms with van der Waals surface area (Å²) >= 11 is 16.2. The molecule has 0 fully saturated rings. The molecule has 0 aliphatic carbocycles. The highest BCUT2D eigenvalue weighted by Gasteiger charge is 2.07. The minimum absolute atomic E-state index is 0.0502. The summed E-state index contributed by atoms with van der Waals surface area (Å²) in [6.45, 7) is 0. The maximum Gasteiger partial charge on any atom is 0.363 e. The Kier molecular flexibility index (Phi) is 1.87. The number of rotatable bonds is 0. The van der Waals surface area contributed by atoms with Crippen LogP contribution >= 0.6 is 35.4 Å². The van der Waals surface area contributed by atoms with E-state index in [2.05, 4.69) is 12.2 Å². The Morgan fingerprint density at radius 1 is 1.17 bits per heavy atom. The summed E-state index contributed by atoms with van der Waals surface area (Å²) in [5, 5.41) is 0.893. The molecule has 1 heterocycles. The third-order valence-corrected chi connectivity index (χ3v) is 2.02. The van der Waals surface area contributed by atoms with Crippen LogP contribution in [0.1, 0.15) is 0 Å². The molecule has 0 N–H and O–H groups in total. The Balaban J connectivity index is 2.97. The van der Waals surface area contributed by atoms with Crippen LogP contribution in [0.5, 0.6) is 0 Å². The number of hydrogen-bond acceptors (Lipinski definition) is 3. The van der Waals surface area contributed by atoms with E-state index in [1.807, 2.05) is 0 Å². The van der Waals surface area contributed by atoms with Crippen molar-refractivity contribution in [1.82, 2.24) is 0 Å². The zero-order valence-corrected chi connectivity index (χ0v) is 7.96. The van der Waals surface area contributed by atoms with E-state index in [0.29, 0.717) is 21.2 Å². The molecule has 0 bridgehead atoms. The fraction of sp³-hybridized carbons (Fsp3) is 0. The maximum atomic E-state index is 5.79. The number of fused-ring (bicyclic) bond motifs is 1. The molecule has 0 unspecified atom stereocenters. The lowest BCUT2D eigenvalue weighted by atomic mass is 10.3. The van der Waals surface area contributed by atoms with Gasteiger partial charge in [0.25, 0.3) is 0 Å². The molecule has 0 saturated carbocycles. The molecular weight excluding hydrogens is 219 g/mol. The van der Waals surface area contributed by atoms with E-state index in [-0.39, 0.29) is 4.90 Å². The largest absolute Gasteiger partial charge is 0.413 e. The van der Waals surface area contributed by atoms with Crippen molar-refractivity contribution in [1.29, 1.82) is 0 Å². The van der Waals surface area contributed by atoms with Crippen molar-refractivity contribution in [2.45, 2.75) is 0 Å². The SMILES string of the molecule is S=c1oc2cc(Cl)cc(Cl)c2o1. The van der Waals surface area contributed by atoms with E-state index >= 15 is 0 Å². The summed E-state index contributed by atoms with van der Waals surface area (Å²) in [6.07, 6.45) is 0. The molecule has 0 aliphatic rings. The average Bonchev–Trinajstić information content (AvgIpc) is 2.29. The number of hydrogen-bond donors (Lipinski definition) is 0. The lowest BCUT2D eigenvalue weighted by molar-refractivity contribution is 0.444. The highest BCUT2D eigenvalue weighted by atomic mass is 35.5. The normalized spacial score (nSPS) is 10.8. The van der Waals surface area contributed by atoms with Gasteiger partial charge in [0.05, 0.1) is 5.02 Å². The highest BCUT2D eigenvalue weighted by molar-refractivity contribution is 7.71. The average molecular weight is 221 g/mol. The molecule has 0 aliphatic heterocycles. The molecular formula is C7H2Cl2O2S. The Morgan fingerprint density at radius 3 is 2.67 bits per heavy atom. The molecule has 0 saturated heterocycles. The maximum absolute atomic E-state index is 5.79. The predicted octanol–water partition coefficient (Wildman–Crippen LogP) is 4.06. The number of benzene rings is 1. The van der Waals surface area contributed by atoms with Crippen LogP contribution < -0.4 is 0 Å². The zero-order valence-electron chi connectivity index (χ0n) is 5.64. The molecule has 2 rings (SSSR count). The molecule has 0 amide bonds. The summed E-state index contributed by atoms with van der Waals surface area (Å²) in [5.74, 6) is 0. The molecule has 1 aromatic carbocycles. The topological polar surface area (TPSA) is 26.3 Å². The standard InChI is InChI=1S/C7H2Cl2O2S/c8-3-1-4(9)6-5(2-3)10-7(12)11-6/h1-2H. The quantitative estimate of drug-likeness (QED) is 0.627. The van der Waals surface area contributed by atoms with Gasteiger partial charge in [0.2, 0.25) is 0 Å². The molecule has 12 heavy (non-hydrogen) atoms. The molecule has 2 nitrogen and oxygen atoms in total. The Hall–Kier alpha value is -0.510. The second-order valence-corrected chi connectivity index (χ2v) is 3.35. The third kappa shape index (κ3) is 1.24. The molecule has 0 atom stereocenters. The Labute approximate surface area is 82.7 Å². The molecule has 62 valence electrons. The van der Waals surface area contributed by atoms with Gasteiger partial charge < -0.3 is 8.83 Å². The van der Waals surface area contributed by atoms with Crippen LogP contribution in [0, 0.1) is 4.90 Å². The van der Waals surface area contributed by atoms with Crippen molar-refractivity contribution < 1.29 is 8.83 Å². The van der Waals surface area contributed by atoms with E-state index in [4.69, 9.17) is 32.0 Å². The first-order chi connectivity index (χ1) is 5.66. The van der Waals surface area contributed by atoms with Crippen LogP contribution in [0.25, 0.3) is 11.2 Å². The first kappa shape index (κ1) is 8.10. The Bertz CT molecular complexity index is 486. The van der Waals surface area contributed by atoms with Crippen LogP contribution in [0.3, 0.4) is 0 Å². The van der Waals surface area contributed by atoms with Gasteiger partial charge in [0, 0.05) is 23.3 Å². The minimum atomic E-state index is 0.0502. The second-order valence-electron chi connectivity index (χ2n) is 2.17. The van der Waals surface area contributed by atoms with E-state index < -0.39 is 0 Å². The fourth-order valence-corrected chi connectivity index (χ4v) is 1.59. The smallest absolute Gasteiger partial charge is 0.363 e. The van der Waals surface area contributed by atoms with Crippen molar-refractivity contribution >= 4 is 46.6 Å². The number of halogens is 2. The lowest BCUT2D eigenvalue weighted by Crippen LogP contribution is -1.67. The first-order valence-electron chi connectivity index (χ1n) is 3.05. The van der Waals surface area contributed by atoms with Gasteiger partial charge in [-0.15, -0.1) is 0 Å². The fourth-order valence-electron chi connectivity index (χ4n) is 0.906. The van der Waals surface area contributed by atoms with Gasteiger partial charge in [0.1, 0.15) is 0 Å². The van der Waals surface area contributed by atoms with Gasteiger partial charge in [-0.2, -0.15) is 0 Å². The van der Waals surface area contributed by atoms with E-state index in [1.165, 1.54) is 0 Å². The first-order valence-corrected chi connectivity index (χ1v) is 4.22. The van der Waals surface area contributed by atoms with Gasteiger partial charge in [-0.3, -0.25) is 0 Å². The van der Waals surface area contributed by atoms with Crippen molar-refractivity contribution in [3.8, 4) is 0 Å². The van der Waals surface area contributed by atoms with E-state index in [9.17, 15) is 0 Å². The van der Waals surface area contributed by atoms with Crippen LogP contribution in [-0.2, 0) is 0 Å². The summed E-state index contributed by atoms with van der Waals surface area (Å²) in [4.78, 5) is 0.0502. The van der Waals surface area contributed by atoms with Crippen molar-refractivity contribution in [2.24, 2.45) is 0 Å². The summed E-state index contributed by atoms with van der Waals surface area (Å²) in [5.41, 5.74) is 0.906. The van der Waals surface area contributed by atoms with Gasteiger partial charge >= 0.3 is 4.90 Å². The predicted molar refractivity (Wildman–Crippen MR) is 49.3 cm³/mol. The molecule has 1 aromatic heterocycles. The Morgan fingerprint density at radius 2 is 1.92 bits per heavy atom. The van der Waals surface area contributed by atoms with Crippen LogP contribution in [0.15, 0.2) is 21.0 Å². The molecule has 0 spiro atoms. The van der Waals surface area contributed by atoms with Gasteiger partial charge in [-0.25, -0.2) is 0 Å². The van der Waals surface area contributed by atoms with E-state index in [0.717, 1.165) is 0 Å². The lowest BCUT2D eigenvalue weighted by Gasteiger charge is -1.90. The van der Waals surface area contributed by atoms with Crippen molar-refractivity contribution in [3.05, 3.63) is 27.1 Å². The van der Waals surface area contributed by atoms with Crippen LogP contribution in [0.4, 0.5) is 0 Å². The molecule has 2 aromatic rings. The van der Waals surface area contributed by atoms with Crippen molar-refractivity contribution in [2.75, 3.05) is 0 Å². The van der Waals surface area contributed by atoms with Gasteiger partial charge in [0.15, 0.2) is 11.2 Å². The van der Waals surface area contributed by atoms with Gasteiger partial charge in [-0.05, 0) is 6.07 Å². The summed E-state index contributed by atoms with van der Waals surface area (Å²) in [7, 11) is 0. The third-order valence-electron chi connectivity index (χ3n) is 1.35. The second kappa shape index (κ2) is 2.76. The zero-order chi connectivity index (χ0) is 8.72.